The summed E-state index contributed by atoms with van der Waals surface area (Å²) in [5.74, 6) is 0.167. The molecular formula is C12H23N3O3. The van der Waals surface area contributed by atoms with Crippen molar-refractivity contribution in [2.24, 2.45) is 0 Å². The molecule has 2 amide bonds. The van der Waals surface area contributed by atoms with Gasteiger partial charge >= 0.3 is 0 Å². The third kappa shape index (κ3) is 5.01. The number of hydrogen-bond donors (Lipinski definition) is 2. The molecule has 0 atom stereocenters. The van der Waals surface area contributed by atoms with Crippen LogP contribution in [0.5, 0.6) is 0 Å². The Morgan fingerprint density at radius 2 is 1.83 bits per heavy atom. The van der Waals surface area contributed by atoms with Crippen LogP contribution in [-0.2, 0) is 9.59 Å². The molecule has 6 heteroatoms. The fourth-order valence-electron chi connectivity index (χ4n) is 1.98. The van der Waals surface area contributed by atoms with E-state index in [1.165, 1.54) is 0 Å². The van der Waals surface area contributed by atoms with Crippen molar-refractivity contribution in [3.63, 3.8) is 0 Å². The minimum Gasteiger partial charge on any atom is -0.396 e. The van der Waals surface area contributed by atoms with Gasteiger partial charge in [0, 0.05) is 46.3 Å². The zero-order chi connectivity index (χ0) is 13.4. The molecular weight excluding hydrogens is 234 g/mol. The number of nitrogens with zero attached hydrogens (tertiary/aromatic N) is 2. The summed E-state index contributed by atoms with van der Waals surface area (Å²) in [6.07, 6.45) is 1.94. The molecule has 104 valence electrons. The average molecular weight is 257 g/mol. The van der Waals surface area contributed by atoms with E-state index in [1.54, 1.807) is 7.05 Å². The Labute approximate surface area is 108 Å². The van der Waals surface area contributed by atoms with Crippen LogP contribution in [0.2, 0.25) is 0 Å². The van der Waals surface area contributed by atoms with Crippen LogP contribution in [0.4, 0.5) is 0 Å². The fourth-order valence-corrected chi connectivity index (χ4v) is 1.98. The lowest BCUT2D eigenvalue weighted by molar-refractivity contribution is -0.133. The number of rotatable bonds is 6. The van der Waals surface area contributed by atoms with Gasteiger partial charge in [-0.25, -0.2) is 0 Å². The first-order chi connectivity index (χ1) is 8.67. The molecule has 1 saturated heterocycles. The molecule has 18 heavy (non-hydrogen) atoms. The highest BCUT2D eigenvalue weighted by Gasteiger charge is 2.21. The smallest absolute Gasteiger partial charge is 0.233 e. The summed E-state index contributed by atoms with van der Waals surface area (Å²) >= 11 is 0. The zero-order valence-corrected chi connectivity index (χ0v) is 11.0. The van der Waals surface area contributed by atoms with Gasteiger partial charge in [0.05, 0.1) is 6.54 Å². The number of hydrogen-bond acceptors (Lipinski definition) is 4. The second-order valence-corrected chi connectivity index (χ2v) is 4.51. The second-order valence-electron chi connectivity index (χ2n) is 4.51. The van der Waals surface area contributed by atoms with Crippen molar-refractivity contribution in [2.75, 3.05) is 46.4 Å². The topological polar surface area (TPSA) is 72.9 Å². The Balaban J connectivity index is 2.22. The molecule has 0 saturated carbocycles. The van der Waals surface area contributed by atoms with Gasteiger partial charge in [-0.15, -0.1) is 0 Å². The Morgan fingerprint density at radius 3 is 2.39 bits per heavy atom. The van der Waals surface area contributed by atoms with Crippen molar-refractivity contribution < 1.29 is 14.7 Å². The van der Waals surface area contributed by atoms with Crippen molar-refractivity contribution in [3.8, 4) is 0 Å². The molecule has 0 aromatic heterocycles. The maximum Gasteiger partial charge on any atom is 0.233 e. The molecule has 1 heterocycles. The van der Waals surface area contributed by atoms with Gasteiger partial charge in [-0.2, -0.15) is 0 Å². The van der Waals surface area contributed by atoms with Crippen molar-refractivity contribution in [1.82, 2.24) is 15.1 Å². The number of carbonyl (C=O) groups is 2. The van der Waals surface area contributed by atoms with Crippen LogP contribution >= 0.6 is 0 Å². The van der Waals surface area contributed by atoms with Crippen LogP contribution < -0.4 is 5.32 Å². The van der Waals surface area contributed by atoms with E-state index in [9.17, 15) is 9.59 Å². The summed E-state index contributed by atoms with van der Waals surface area (Å²) in [6, 6.07) is 0. The second kappa shape index (κ2) is 8.05. The van der Waals surface area contributed by atoms with Gasteiger partial charge in [-0.05, 0) is 12.8 Å². The number of likely N-dealkylation sites (N-methyl/N-ethyl adjacent to an activating group) is 1. The molecule has 0 bridgehead atoms. The van der Waals surface area contributed by atoms with Crippen molar-refractivity contribution in [1.29, 1.82) is 0 Å². The van der Waals surface area contributed by atoms with Crippen LogP contribution in [0.1, 0.15) is 19.3 Å². The van der Waals surface area contributed by atoms with Crippen molar-refractivity contribution in [3.05, 3.63) is 0 Å². The average Bonchev–Trinajstić information content (AvgIpc) is 2.39. The van der Waals surface area contributed by atoms with E-state index in [4.69, 9.17) is 5.11 Å². The van der Waals surface area contributed by atoms with E-state index in [0.29, 0.717) is 32.5 Å². The van der Waals surface area contributed by atoms with E-state index in [-0.39, 0.29) is 18.4 Å². The Hall–Kier alpha value is -1.14. The Kier molecular flexibility index (Phi) is 6.67. The first kappa shape index (κ1) is 14.9. The summed E-state index contributed by atoms with van der Waals surface area (Å²) in [7, 11) is 1.63. The molecule has 1 aliphatic rings. The third-order valence-corrected chi connectivity index (χ3v) is 3.17. The zero-order valence-electron chi connectivity index (χ0n) is 11.0. The largest absolute Gasteiger partial charge is 0.396 e. The third-order valence-electron chi connectivity index (χ3n) is 3.17. The van der Waals surface area contributed by atoms with Crippen LogP contribution in [0.3, 0.4) is 0 Å². The fraction of sp³-hybridized carbons (Fsp3) is 0.833. The highest BCUT2D eigenvalue weighted by atomic mass is 16.3. The number of aliphatic hydroxyl groups excluding tert-OH is 1. The molecule has 0 radical (unpaired) electrons. The molecule has 6 nitrogen and oxygen atoms in total. The van der Waals surface area contributed by atoms with Gasteiger partial charge < -0.3 is 15.3 Å². The first-order valence-corrected chi connectivity index (χ1v) is 6.49. The minimum absolute atomic E-state index is 0.0118. The monoisotopic (exact) mass is 257 g/mol. The highest BCUT2D eigenvalue weighted by molar-refractivity contribution is 5.78. The maximum atomic E-state index is 11.8. The van der Waals surface area contributed by atoms with Gasteiger partial charge in [0.15, 0.2) is 0 Å². The van der Waals surface area contributed by atoms with Crippen LogP contribution in [0.15, 0.2) is 0 Å². The van der Waals surface area contributed by atoms with Crippen LogP contribution in [-0.4, -0.2) is 73.1 Å². The van der Waals surface area contributed by atoms with Crippen LogP contribution in [0, 0.1) is 0 Å². The van der Waals surface area contributed by atoms with E-state index in [1.807, 2.05) is 4.90 Å². The van der Waals surface area contributed by atoms with Crippen LogP contribution in [0.25, 0.3) is 0 Å². The SMILES string of the molecule is CNC(=O)CN1CCN(C(=O)CCCCO)CC1. The molecule has 2 N–H and O–H groups in total. The molecule has 0 unspecified atom stereocenters. The van der Waals surface area contributed by atoms with Gasteiger partial charge in [0.1, 0.15) is 0 Å². The molecule has 0 spiro atoms. The van der Waals surface area contributed by atoms with E-state index >= 15 is 0 Å². The maximum absolute atomic E-state index is 11.8. The van der Waals surface area contributed by atoms with Gasteiger partial charge in [-0.3, -0.25) is 14.5 Å². The summed E-state index contributed by atoms with van der Waals surface area (Å²) in [6.45, 7) is 3.43. The molecule has 0 aromatic rings. The van der Waals surface area contributed by atoms with E-state index in [0.717, 1.165) is 19.5 Å². The lowest BCUT2D eigenvalue weighted by Crippen LogP contribution is -2.50. The summed E-state index contributed by atoms with van der Waals surface area (Å²) in [4.78, 5) is 26.9. The van der Waals surface area contributed by atoms with Gasteiger partial charge in [0.25, 0.3) is 0 Å². The lowest BCUT2D eigenvalue weighted by Gasteiger charge is -2.34. The number of unbranched alkanes of at least 4 members (excludes halogenated alkanes) is 1. The van der Waals surface area contributed by atoms with Crippen molar-refractivity contribution >= 4 is 11.8 Å². The number of aliphatic hydroxyl groups is 1. The number of amides is 2. The standard InChI is InChI=1S/C12H23N3O3/c1-13-11(17)10-14-5-7-15(8-6-14)12(18)4-2-3-9-16/h16H,2-10H2,1H3,(H,13,17). The van der Waals surface area contributed by atoms with Gasteiger partial charge in [0.2, 0.25) is 11.8 Å². The van der Waals surface area contributed by atoms with Crippen molar-refractivity contribution in [2.45, 2.75) is 19.3 Å². The lowest BCUT2D eigenvalue weighted by atomic mass is 10.2. The molecule has 1 fully saturated rings. The number of carbonyl (C=O) groups excluding carboxylic acids is 2. The van der Waals surface area contributed by atoms with Gasteiger partial charge in [-0.1, -0.05) is 0 Å². The minimum atomic E-state index is 0.0118. The van der Waals surface area contributed by atoms with E-state index < -0.39 is 0 Å². The number of piperazine rings is 1. The Morgan fingerprint density at radius 1 is 1.17 bits per heavy atom. The summed E-state index contributed by atoms with van der Waals surface area (Å²) in [5, 5.41) is 11.3. The highest BCUT2D eigenvalue weighted by Crippen LogP contribution is 2.06. The molecule has 1 aliphatic heterocycles. The molecule has 0 aromatic carbocycles. The molecule has 0 aliphatic carbocycles. The summed E-state index contributed by atoms with van der Waals surface area (Å²) < 4.78 is 0. The van der Waals surface area contributed by atoms with E-state index in [2.05, 4.69) is 10.2 Å². The summed E-state index contributed by atoms with van der Waals surface area (Å²) in [5.41, 5.74) is 0. The number of nitrogens with one attached hydrogen (secondary N) is 1. The quantitative estimate of drug-likeness (QED) is 0.601. The first-order valence-electron chi connectivity index (χ1n) is 6.49. The Bertz CT molecular complexity index is 276. The predicted octanol–water partition coefficient (Wildman–Crippen LogP) is -0.961. The molecule has 1 rings (SSSR count). The predicted molar refractivity (Wildman–Crippen MR) is 68.0 cm³/mol. The normalized spacial score (nSPS) is 16.7.